The van der Waals surface area contributed by atoms with E-state index in [4.69, 9.17) is 0 Å². The molecule has 2 aliphatic heterocycles. The van der Waals surface area contributed by atoms with Crippen molar-refractivity contribution in [3.63, 3.8) is 0 Å². The third-order valence-corrected chi connectivity index (χ3v) is 9.37. The number of likely N-dealkylation sites (tertiary alicyclic amines) is 2. The van der Waals surface area contributed by atoms with Crippen LogP contribution in [-0.4, -0.2) is 89.1 Å². The van der Waals surface area contributed by atoms with Crippen LogP contribution in [-0.2, 0) is 6.42 Å². The van der Waals surface area contributed by atoms with E-state index in [1.807, 2.05) is 35.7 Å². The quantitative estimate of drug-likeness (QED) is 0.417. The number of aromatic nitrogens is 2. The van der Waals surface area contributed by atoms with E-state index in [9.17, 15) is 14.0 Å². The van der Waals surface area contributed by atoms with Gasteiger partial charge in [0.25, 0.3) is 5.91 Å². The molecule has 4 heterocycles. The minimum Gasteiger partial charge on any atom is -0.341 e. The fourth-order valence-corrected chi connectivity index (χ4v) is 6.64. The van der Waals surface area contributed by atoms with Gasteiger partial charge < -0.3 is 24.6 Å². The number of nitrogens with one attached hydrogen (secondary N) is 1. The molecule has 42 heavy (non-hydrogen) atoms. The predicted molar refractivity (Wildman–Crippen MR) is 165 cm³/mol. The Kier molecular flexibility index (Phi) is 9.16. The normalized spacial score (nSPS) is 17.3. The zero-order valence-corrected chi connectivity index (χ0v) is 25.7. The molecule has 0 radical (unpaired) electrons. The van der Waals surface area contributed by atoms with Gasteiger partial charge in [-0.2, -0.15) is 0 Å². The van der Waals surface area contributed by atoms with Gasteiger partial charge in [0.15, 0.2) is 0 Å². The van der Waals surface area contributed by atoms with Gasteiger partial charge in [-0.05, 0) is 107 Å². The molecular formula is C33H45FN6O2. The number of halogens is 1. The molecule has 8 nitrogen and oxygen atoms in total. The van der Waals surface area contributed by atoms with Gasteiger partial charge in [-0.25, -0.2) is 9.18 Å². The van der Waals surface area contributed by atoms with E-state index in [2.05, 4.69) is 28.3 Å². The molecule has 0 aliphatic carbocycles. The maximum atomic E-state index is 14.4. The summed E-state index contributed by atoms with van der Waals surface area (Å²) in [5.74, 6) is 0.603. The lowest BCUT2D eigenvalue weighted by molar-refractivity contribution is 0.0754. The average molecular weight is 577 g/mol. The number of carbonyl (C=O) groups excluding carboxylic acids is 2. The Balaban J connectivity index is 1.31. The van der Waals surface area contributed by atoms with Crippen molar-refractivity contribution < 1.29 is 14.0 Å². The zero-order chi connectivity index (χ0) is 30.0. The van der Waals surface area contributed by atoms with Gasteiger partial charge in [0, 0.05) is 57.6 Å². The number of piperidine rings is 2. The molecule has 0 atom stereocenters. The molecule has 2 aromatic heterocycles. The first kappa shape index (κ1) is 30.0. The predicted octanol–water partition coefficient (Wildman–Crippen LogP) is 5.26. The van der Waals surface area contributed by atoms with Crippen molar-refractivity contribution >= 4 is 22.8 Å². The fraction of sp³-hybridized carbons (Fsp3) is 0.545. The molecular weight excluding hydrogens is 531 g/mol. The van der Waals surface area contributed by atoms with Crippen LogP contribution in [0.25, 0.3) is 16.6 Å². The number of benzene rings is 1. The summed E-state index contributed by atoms with van der Waals surface area (Å²) >= 11 is 0. The molecule has 3 aromatic rings. The first-order valence-electron chi connectivity index (χ1n) is 15.4. The summed E-state index contributed by atoms with van der Waals surface area (Å²) in [5.41, 5.74) is 4.33. The second-order valence-electron chi connectivity index (χ2n) is 12.5. The minimum atomic E-state index is -0.422. The number of hydrogen-bond acceptors (Lipinski definition) is 4. The van der Waals surface area contributed by atoms with Gasteiger partial charge in [0.1, 0.15) is 5.82 Å². The molecule has 2 aliphatic rings. The highest BCUT2D eigenvalue weighted by Crippen LogP contribution is 2.33. The Bertz CT molecular complexity index is 1420. The zero-order valence-electron chi connectivity index (χ0n) is 25.7. The van der Waals surface area contributed by atoms with Crippen molar-refractivity contribution in [2.75, 3.05) is 46.8 Å². The van der Waals surface area contributed by atoms with E-state index in [0.717, 1.165) is 75.9 Å². The SMILES string of the molecule is CNC(=O)N1CCC(CN2CCC(Cc3cn(-c4ccc(F)cc4C(=O)N(C)C(C)C)c4cncc(C)c34)CC2)CC1. The maximum Gasteiger partial charge on any atom is 0.317 e. The van der Waals surface area contributed by atoms with E-state index in [1.54, 1.807) is 25.1 Å². The molecule has 1 aromatic carbocycles. The molecule has 3 amide bonds. The van der Waals surface area contributed by atoms with Gasteiger partial charge in [-0.1, -0.05) is 0 Å². The Morgan fingerprint density at radius 1 is 1.07 bits per heavy atom. The molecule has 2 fully saturated rings. The third kappa shape index (κ3) is 6.31. The van der Waals surface area contributed by atoms with Crippen LogP contribution in [0.3, 0.4) is 0 Å². The van der Waals surface area contributed by atoms with E-state index >= 15 is 0 Å². The summed E-state index contributed by atoms with van der Waals surface area (Å²) < 4.78 is 16.4. The van der Waals surface area contributed by atoms with E-state index in [-0.39, 0.29) is 18.0 Å². The molecule has 0 bridgehead atoms. The van der Waals surface area contributed by atoms with Crippen molar-refractivity contribution in [1.82, 2.24) is 29.6 Å². The summed E-state index contributed by atoms with van der Waals surface area (Å²) in [4.78, 5) is 36.0. The number of fused-ring (bicyclic) bond motifs is 1. The van der Waals surface area contributed by atoms with Crippen molar-refractivity contribution in [1.29, 1.82) is 0 Å². The first-order valence-corrected chi connectivity index (χ1v) is 15.4. The number of rotatable bonds is 7. The fourth-order valence-electron chi connectivity index (χ4n) is 6.64. The Labute approximate surface area is 248 Å². The number of carbonyl (C=O) groups is 2. The van der Waals surface area contributed by atoms with Crippen LogP contribution < -0.4 is 5.32 Å². The number of urea groups is 1. The van der Waals surface area contributed by atoms with Gasteiger partial charge in [0.2, 0.25) is 0 Å². The van der Waals surface area contributed by atoms with Crippen LogP contribution in [0, 0.1) is 24.6 Å². The summed E-state index contributed by atoms with van der Waals surface area (Å²) in [6, 6.07) is 4.51. The molecule has 0 saturated carbocycles. The molecule has 226 valence electrons. The minimum absolute atomic E-state index is 0.00395. The largest absolute Gasteiger partial charge is 0.341 e. The van der Waals surface area contributed by atoms with Gasteiger partial charge in [-0.3, -0.25) is 9.78 Å². The number of pyridine rings is 1. The molecule has 1 N–H and O–H groups in total. The second kappa shape index (κ2) is 12.8. The van der Waals surface area contributed by atoms with Crippen molar-refractivity contribution in [3.05, 3.63) is 59.3 Å². The van der Waals surface area contributed by atoms with E-state index in [1.165, 1.54) is 23.1 Å². The van der Waals surface area contributed by atoms with Crippen LogP contribution in [0.1, 0.15) is 61.0 Å². The lowest BCUT2D eigenvalue weighted by atomic mass is 9.88. The first-order chi connectivity index (χ1) is 20.2. The highest BCUT2D eigenvalue weighted by molar-refractivity contribution is 5.99. The number of hydrogen-bond donors (Lipinski definition) is 1. The molecule has 0 unspecified atom stereocenters. The second-order valence-corrected chi connectivity index (χ2v) is 12.5. The van der Waals surface area contributed by atoms with Crippen LogP contribution >= 0.6 is 0 Å². The topological polar surface area (TPSA) is 73.7 Å². The highest BCUT2D eigenvalue weighted by atomic mass is 19.1. The van der Waals surface area contributed by atoms with Crippen LogP contribution in [0.2, 0.25) is 0 Å². The Morgan fingerprint density at radius 3 is 2.43 bits per heavy atom. The molecule has 5 rings (SSSR count). The number of amides is 3. The lowest BCUT2D eigenvalue weighted by Gasteiger charge is -2.37. The summed E-state index contributed by atoms with van der Waals surface area (Å²) in [7, 11) is 3.45. The summed E-state index contributed by atoms with van der Waals surface area (Å²) in [6.45, 7) is 11.0. The van der Waals surface area contributed by atoms with Crippen LogP contribution in [0.4, 0.5) is 9.18 Å². The van der Waals surface area contributed by atoms with Crippen molar-refractivity contribution in [3.8, 4) is 5.69 Å². The van der Waals surface area contributed by atoms with Crippen LogP contribution in [0.5, 0.6) is 0 Å². The number of aryl methyl sites for hydroxylation is 1. The monoisotopic (exact) mass is 576 g/mol. The Hall–Kier alpha value is -3.46. The van der Waals surface area contributed by atoms with Gasteiger partial charge >= 0.3 is 6.03 Å². The summed E-state index contributed by atoms with van der Waals surface area (Å²) in [5, 5.41) is 3.91. The van der Waals surface area contributed by atoms with Gasteiger partial charge in [0.05, 0.1) is 23.0 Å². The van der Waals surface area contributed by atoms with Crippen molar-refractivity contribution in [2.45, 2.75) is 58.9 Å². The molecule has 2 saturated heterocycles. The third-order valence-electron chi connectivity index (χ3n) is 9.37. The standard InChI is InChI=1S/C33H45FN6O2/c1-22(2)37(5)32(41)28-17-27(34)6-7-29(28)40-21-26(31-23(3)18-36-19-30(31)40)16-24-8-12-38(13-9-24)20-25-10-14-39(15-11-25)33(42)35-4/h6-7,17-19,21-22,24-25H,8-16,20H2,1-5H3,(H,35,42). The Morgan fingerprint density at radius 2 is 1.76 bits per heavy atom. The molecule has 9 heteroatoms. The van der Waals surface area contributed by atoms with E-state index < -0.39 is 5.82 Å². The number of nitrogens with zero attached hydrogens (tertiary/aromatic N) is 5. The maximum absolute atomic E-state index is 14.4. The highest BCUT2D eigenvalue weighted by Gasteiger charge is 2.28. The summed E-state index contributed by atoms with van der Waals surface area (Å²) in [6.07, 6.45) is 11.3. The smallest absolute Gasteiger partial charge is 0.317 e. The van der Waals surface area contributed by atoms with Gasteiger partial charge in [-0.15, -0.1) is 0 Å². The lowest BCUT2D eigenvalue weighted by Crippen LogP contribution is -2.45. The van der Waals surface area contributed by atoms with Crippen molar-refractivity contribution in [2.24, 2.45) is 11.8 Å². The molecule has 0 spiro atoms. The van der Waals surface area contributed by atoms with E-state index in [0.29, 0.717) is 23.1 Å². The average Bonchev–Trinajstić information content (AvgIpc) is 3.36. The van der Waals surface area contributed by atoms with Crippen LogP contribution in [0.15, 0.2) is 36.8 Å².